The van der Waals surface area contributed by atoms with Gasteiger partial charge in [-0.25, -0.2) is 9.50 Å². The number of amides is 1. The van der Waals surface area contributed by atoms with Crippen LogP contribution in [0.2, 0.25) is 0 Å². The summed E-state index contributed by atoms with van der Waals surface area (Å²) in [5.74, 6) is -0.127. The second-order valence-corrected chi connectivity index (χ2v) is 8.12. The van der Waals surface area contributed by atoms with E-state index in [-0.39, 0.29) is 11.9 Å². The molecule has 7 nitrogen and oxygen atoms in total. The fourth-order valence-corrected chi connectivity index (χ4v) is 4.47. The second-order valence-electron chi connectivity index (χ2n) is 8.12. The molecule has 0 saturated heterocycles. The zero-order valence-corrected chi connectivity index (χ0v) is 17.8. The van der Waals surface area contributed by atoms with Crippen LogP contribution in [0.15, 0.2) is 91.4 Å². The Balaban J connectivity index is 1.32. The van der Waals surface area contributed by atoms with Crippen LogP contribution in [0.1, 0.15) is 33.5 Å². The lowest BCUT2D eigenvalue weighted by Gasteiger charge is -2.35. The molecule has 162 valence electrons. The standard InChI is InChI=1S/C26H22N6O/c33-26(29-19-6-2-1-3-7-19)18-9-11-20(12-10-18)31-15-13-22-24(28-17-27-22)25(31)23-16-21-8-4-5-14-32(21)30-23/h1-12,14,16-17,25H,13,15H2,(H,27,28)(H,29,33). The lowest BCUT2D eigenvalue weighted by Crippen LogP contribution is -2.36. The first kappa shape index (κ1) is 19.3. The predicted octanol–water partition coefficient (Wildman–Crippen LogP) is 4.46. The van der Waals surface area contributed by atoms with Gasteiger partial charge in [-0.3, -0.25) is 4.79 Å². The molecule has 1 amide bonds. The van der Waals surface area contributed by atoms with Crippen LogP contribution in [0, 0.1) is 0 Å². The number of fused-ring (bicyclic) bond motifs is 2. The molecular formula is C26H22N6O. The van der Waals surface area contributed by atoms with Crippen LogP contribution in [0.5, 0.6) is 0 Å². The zero-order chi connectivity index (χ0) is 22.2. The summed E-state index contributed by atoms with van der Waals surface area (Å²) >= 11 is 0. The first-order valence-corrected chi connectivity index (χ1v) is 11.0. The molecule has 4 heterocycles. The Hall–Kier alpha value is -4.39. The SMILES string of the molecule is O=C(Nc1ccccc1)c1ccc(N2CCc3[nH]cnc3C2c2cc3ccccn3n2)cc1. The van der Waals surface area contributed by atoms with E-state index in [1.54, 1.807) is 6.33 Å². The molecule has 3 aromatic heterocycles. The Morgan fingerprint density at radius 1 is 1.00 bits per heavy atom. The van der Waals surface area contributed by atoms with Crippen LogP contribution in [-0.4, -0.2) is 32.0 Å². The van der Waals surface area contributed by atoms with Crippen molar-refractivity contribution in [1.82, 2.24) is 19.6 Å². The van der Waals surface area contributed by atoms with Crippen LogP contribution in [0.25, 0.3) is 5.52 Å². The number of nitrogens with zero attached hydrogens (tertiary/aromatic N) is 4. The van der Waals surface area contributed by atoms with Crippen LogP contribution in [-0.2, 0) is 6.42 Å². The largest absolute Gasteiger partial charge is 0.357 e. The molecule has 33 heavy (non-hydrogen) atoms. The van der Waals surface area contributed by atoms with Crippen LogP contribution >= 0.6 is 0 Å². The lowest BCUT2D eigenvalue weighted by molar-refractivity contribution is 0.102. The molecule has 7 heteroatoms. The first-order chi connectivity index (χ1) is 16.3. The number of carbonyl (C=O) groups is 1. The van der Waals surface area contributed by atoms with E-state index < -0.39 is 0 Å². The molecule has 1 unspecified atom stereocenters. The van der Waals surface area contributed by atoms with E-state index in [2.05, 4.69) is 32.3 Å². The molecule has 0 spiro atoms. The number of rotatable bonds is 4. The third kappa shape index (κ3) is 3.53. The molecule has 0 radical (unpaired) electrons. The maximum atomic E-state index is 12.7. The van der Waals surface area contributed by atoms with Gasteiger partial charge in [0.25, 0.3) is 5.91 Å². The minimum absolute atomic E-state index is 0.108. The van der Waals surface area contributed by atoms with Gasteiger partial charge in [-0.2, -0.15) is 5.10 Å². The number of nitrogens with one attached hydrogen (secondary N) is 2. The van der Waals surface area contributed by atoms with Gasteiger partial charge in [0.2, 0.25) is 0 Å². The number of H-pyrrole nitrogens is 1. The van der Waals surface area contributed by atoms with Crippen molar-refractivity contribution in [3.8, 4) is 0 Å². The average Bonchev–Trinajstić information content (AvgIpc) is 3.51. The number of imidazole rings is 1. The summed E-state index contributed by atoms with van der Waals surface area (Å²) in [6.07, 6.45) is 4.58. The number of carbonyl (C=O) groups excluding carboxylic acids is 1. The Labute approximate surface area is 190 Å². The molecular weight excluding hydrogens is 412 g/mol. The van der Waals surface area contributed by atoms with Crippen LogP contribution < -0.4 is 10.2 Å². The van der Waals surface area contributed by atoms with Gasteiger partial charge in [-0.1, -0.05) is 24.3 Å². The van der Waals surface area contributed by atoms with Gasteiger partial charge in [-0.05, 0) is 54.6 Å². The van der Waals surface area contributed by atoms with Gasteiger partial charge in [0.05, 0.1) is 23.2 Å². The highest BCUT2D eigenvalue weighted by atomic mass is 16.1. The van der Waals surface area contributed by atoms with Crippen molar-refractivity contribution >= 4 is 22.8 Å². The smallest absolute Gasteiger partial charge is 0.255 e. The van der Waals surface area contributed by atoms with E-state index >= 15 is 0 Å². The normalized spacial score (nSPS) is 15.4. The number of hydrogen-bond acceptors (Lipinski definition) is 4. The third-order valence-electron chi connectivity index (χ3n) is 6.09. The Kier molecular flexibility index (Phi) is 4.65. The number of pyridine rings is 1. The van der Waals surface area contributed by atoms with E-state index in [1.165, 1.54) is 0 Å². The number of anilines is 2. The molecule has 6 rings (SSSR count). The van der Waals surface area contributed by atoms with E-state index in [0.717, 1.165) is 46.9 Å². The molecule has 2 N–H and O–H groups in total. The first-order valence-electron chi connectivity index (χ1n) is 11.0. The van der Waals surface area contributed by atoms with E-state index in [0.29, 0.717) is 5.56 Å². The average molecular weight is 435 g/mol. The number of aromatic nitrogens is 4. The summed E-state index contributed by atoms with van der Waals surface area (Å²) in [5, 5.41) is 7.78. The number of aromatic amines is 1. The van der Waals surface area contributed by atoms with Crippen molar-refractivity contribution in [2.45, 2.75) is 12.5 Å². The highest BCUT2D eigenvalue weighted by Crippen LogP contribution is 2.36. The summed E-state index contributed by atoms with van der Waals surface area (Å²) < 4.78 is 1.89. The van der Waals surface area contributed by atoms with Crippen molar-refractivity contribution < 1.29 is 4.79 Å². The summed E-state index contributed by atoms with van der Waals surface area (Å²) in [6.45, 7) is 0.823. The highest BCUT2D eigenvalue weighted by Gasteiger charge is 2.33. The molecule has 1 aliphatic rings. The Bertz CT molecular complexity index is 1390. The Morgan fingerprint density at radius 2 is 1.82 bits per heavy atom. The van der Waals surface area contributed by atoms with Gasteiger partial charge >= 0.3 is 0 Å². The molecule has 5 aromatic rings. The summed E-state index contributed by atoms with van der Waals surface area (Å²) in [7, 11) is 0. The van der Waals surface area contributed by atoms with Crippen molar-refractivity contribution in [1.29, 1.82) is 0 Å². The molecule has 2 aromatic carbocycles. The van der Waals surface area contributed by atoms with Gasteiger partial charge < -0.3 is 15.2 Å². The third-order valence-corrected chi connectivity index (χ3v) is 6.09. The summed E-state index contributed by atoms with van der Waals surface area (Å²) in [5.41, 5.74) is 6.55. The van der Waals surface area contributed by atoms with E-state index in [4.69, 9.17) is 5.10 Å². The molecule has 0 fully saturated rings. The van der Waals surface area contributed by atoms with E-state index in [1.807, 2.05) is 77.4 Å². The fraction of sp³-hybridized carbons (Fsp3) is 0.115. The molecule has 0 bridgehead atoms. The fourth-order valence-electron chi connectivity index (χ4n) is 4.47. The van der Waals surface area contributed by atoms with Crippen molar-refractivity contribution in [2.24, 2.45) is 0 Å². The second kappa shape index (κ2) is 7.94. The number of para-hydroxylation sites is 1. The van der Waals surface area contributed by atoms with Crippen molar-refractivity contribution in [3.63, 3.8) is 0 Å². The highest BCUT2D eigenvalue weighted by molar-refractivity contribution is 6.04. The molecule has 0 aliphatic carbocycles. The van der Waals surface area contributed by atoms with E-state index in [9.17, 15) is 4.79 Å². The number of benzene rings is 2. The minimum Gasteiger partial charge on any atom is -0.357 e. The quantitative estimate of drug-likeness (QED) is 0.438. The van der Waals surface area contributed by atoms with Crippen molar-refractivity contribution in [2.75, 3.05) is 16.8 Å². The monoisotopic (exact) mass is 434 g/mol. The Morgan fingerprint density at radius 3 is 2.64 bits per heavy atom. The lowest BCUT2D eigenvalue weighted by atomic mass is 9.98. The topological polar surface area (TPSA) is 78.3 Å². The summed E-state index contributed by atoms with van der Waals surface area (Å²) in [4.78, 5) is 22.9. The number of hydrogen-bond donors (Lipinski definition) is 2. The van der Waals surface area contributed by atoms with Gasteiger partial charge in [0.15, 0.2) is 0 Å². The maximum Gasteiger partial charge on any atom is 0.255 e. The van der Waals surface area contributed by atoms with Crippen molar-refractivity contribution in [3.05, 3.63) is 114 Å². The maximum absolute atomic E-state index is 12.7. The summed E-state index contributed by atoms with van der Waals surface area (Å²) in [6, 6.07) is 25.3. The zero-order valence-electron chi connectivity index (χ0n) is 17.8. The minimum atomic E-state index is -0.127. The molecule has 1 aliphatic heterocycles. The van der Waals surface area contributed by atoms with Gasteiger partial charge in [0, 0.05) is 41.8 Å². The van der Waals surface area contributed by atoms with Crippen LogP contribution in [0.4, 0.5) is 11.4 Å². The molecule has 0 saturated carbocycles. The van der Waals surface area contributed by atoms with Gasteiger partial charge in [0.1, 0.15) is 6.04 Å². The van der Waals surface area contributed by atoms with Crippen LogP contribution in [0.3, 0.4) is 0 Å². The molecule has 1 atom stereocenters. The van der Waals surface area contributed by atoms with Gasteiger partial charge in [-0.15, -0.1) is 0 Å². The predicted molar refractivity (Wildman–Crippen MR) is 128 cm³/mol.